The summed E-state index contributed by atoms with van der Waals surface area (Å²) < 4.78 is 0. The highest BCUT2D eigenvalue weighted by Crippen LogP contribution is 2.28. The van der Waals surface area contributed by atoms with E-state index < -0.39 is 0 Å². The second kappa shape index (κ2) is 8.31. The lowest BCUT2D eigenvalue weighted by molar-refractivity contribution is 0.102. The van der Waals surface area contributed by atoms with Gasteiger partial charge in [0.15, 0.2) is 0 Å². The zero-order chi connectivity index (χ0) is 20.1. The van der Waals surface area contributed by atoms with Crippen LogP contribution in [0.3, 0.4) is 0 Å². The van der Waals surface area contributed by atoms with Crippen LogP contribution in [0.1, 0.15) is 46.9 Å². The summed E-state index contributed by atoms with van der Waals surface area (Å²) in [7, 11) is 0. The molecule has 0 saturated carbocycles. The summed E-state index contributed by atoms with van der Waals surface area (Å²) in [4.78, 5) is 21.0. The number of aryl methyl sites for hydroxylation is 1. The highest BCUT2D eigenvalue weighted by molar-refractivity contribution is 6.04. The number of carbonyl (C=O) groups excluding carboxylic acids is 1. The van der Waals surface area contributed by atoms with Gasteiger partial charge in [0, 0.05) is 17.4 Å². The minimum Gasteiger partial charge on any atom is -0.340 e. The molecular weight excluding hydrogens is 350 g/mol. The standard InChI is InChI=1S/C22H21N5O/c1-14(2)18-6-4-5-15(3)21(18)27-22(28)19-11-20(25-13-24-19)26-17-9-7-16(12-23)8-10-17/h4-11,13-14H,1-3H3,(H,27,28)(H,24,25,26). The molecule has 1 heterocycles. The summed E-state index contributed by atoms with van der Waals surface area (Å²) in [6, 6.07) is 16.6. The number of amides is 1. The van der Waals surface area contributed by atoms with E-state index in [4.69, 9.17) is 5.26 Å². The number of nitrogens with zero attached hydrogens (tertiary/aromatic N) is 3. The second-order valence-electron chi connectivity index (χ2n) is 6.75. The number of nitriles is 1. The van der Waals surface area contributed by atoms with Crippen LogP contribution in [0, 0.1) is 18.3 Å². The van der Waals surface area contributed by atoms with Crippen LogP contribution in [0.25, 0.3) is 0 Å². The van der Waals surface area contributed by atoms with Crippen LogP contribution >= 0.6 is 0 Å². The number of hydrogen-bond acceptors (Lipinski definition) is 5. The van der Waals surface area contributed by atoms with E-state index in [9.17, 15) is 4.79 Å². The van der Waals surface area contributed by atoms with Crippen molar-refractivity contribution in [2.24, 2.45) is 0 Å². The van der Waals surface area contributed by atoms with Gasteiger partial charge in [-0.05, 0) is 48.2 Å². The van der Waals surface area contributed by atoms with Crippen molar-refractivity contribution in [1.29, 1.82) is 5.26 Å². The predicted molar refractivity (Wildman–Crippen MR) is 110 cm³/mol. The summed E-state index contributed by atoms with van der Waals surface area (Å²) in [5, 5.41) is 15.0. The van der Waals surface area contributed by atoms with Gasteiger partial charge >= 0.3 is 0 Å². The average Bonchev–Trinajstić information content (AvgIpc) is 2.70. The molecule has 6 heteroatoms. The molecule has 2 aromatic carbocycles. The van der Waals surface area contributed by atoms with Crippen LogP contribution in [-0.2, 0) is 0 Å². The third-order valence-corrected chi connectivity index (χ3v) is 4.35. The van der Waals surface area contributed by atoms with E-state index in [2.05, 4.69) is 40.5 Å². The van der Waals surface area contributed by atoms with Crippen LogP contribution in [-0.4, -0.2) is 15.9 Å². The van der Waals surface area contributed by atoms with Crippen LogP contribution in [0.5, 0.6) is 0 Å². The average molecular weight is 371 g/mol. The molecule has 0 atom stereocenters. The van der Waals surface area contributed by atoms with Crippen molar-refractivity contribution in [1.82, 2.24) is 9.97 Å². The Balaban J connectivity index is 1.80. The molecule has 0 fully saturated rings. The van der Waals surface area contributed by atoms with Gasteiger partial charge in [-0.1, -0.05) is 32.0 Å². The third-order valence-electron chi connectivity index (χ3n) is 4.35. The molecule has 0 aliphatic carbocycles. The van der Waals surface area contributed by atoms with Gasteiger partial charge in [0.1, 0.15) is 17.8 Å². The zero-order valence-corrected chi connectivity index (χ0v) is 16.0. The molecule has 0 aliphatic heterocycles. The molecule has 0 unspecified atom stereocenters. The van der Waals surface area contributed by atoms with E-state index in [0.717, 1.165) is 22.5 Å². The molecule has 0 bridgehead atoms. The fourth-order valence-electron chi connectivity index (χ4n) is 2.85. The van der Waals surface area contributed by atoms with Gasteiger partial charge in [0.2, 0.25) is 0 Å². The van der Waals surface area contributed by atoms with Gasteiger partial charge in [0.25, 0.3) is 5.91 Å². The Morgan fingerprint density at radius 1 is 1.11 bits per heavy atom. The first-order valence-electron chi connectivity index (χ1n) is 8.98. The van der Waals surface area contributed by atoms with E-state index in [1.807, 2.05) is 25.1 Å². The Morgan fingerprint density at radius 2 is 1.86 bits per heavy atom. The summed E-state index contributed by atoms with van der Waals surface area (Å²) in [6.45, 7) is 6.16. The van der Waals surface area contributed by atoms with Crippen molar-refractivity contribution in [3.05, 3.63) is 77.2 Å². The fourth-order valence-corrected chi connectivity index (χ4v) is 2.85. The number of nitrogens with one attached hydrogen (secondary N) is 2. The molecule has 28 heavy (non-hydrogen) atoms. The number of para-hydroxylation sites is 1. The molecule has 0 aliphatic rings. The van der Waals surface area contributed by atoms with Gasteiger partial charge in [-0.3, -0.25) is 4.79 Å². The largest absolute Gasteiger partial charge is 0.340 e. The van der Waals surface area contributed by atoms with E-state index in [-0.39, 0.29) is 17.5 Å². The lowest BCUT2D eigenvalue weighted by atomic mass is 9.98. The third kappa shape index (κ3) is 4.33. The SMILES string of the molecule is Cc1cccc(C(C)C)c1NC(=O)c1cc(Nc2ccc(C#N)cc2)ncn1. The number of benzene rings is 2. The second-order valence-corrected chi connectivity index (χ2v) is 6.75. The van der Waals surface area contributed by atoms with Crippen LogP contribution in [0.2, 0.25) is 0 Å². The van der Waals surface area contributed by atoms with Gasteiger partial charge in [-0.2, -0.15) is 5.26 Å². The molecule has 3 aromatic rings. The number of aromatic nitrogens is 2. The molecule has 2 N–H and O–H groups in total. The van der Waals surface area contributed by atoms with E-state index in [1.165, 1.54) is 6.33 Å². The smallest absolute Gasteiger partial charge is 0.274 e. The van der Waals surface area contributed by atoms with Gasteiger partial charge in [-0.15, -0.1) is 0 Å². The summed E-state index contributed by atoms with van der Waals surface area (Å²) >= 11 is 0. The first-order chi connectivity index (χ1) is 13.5. The maximum Gasteiger partial charge on any atom is 0.274 e. The summed E-state index contributed by atoms with van der Waals surface area (Å²) in [5.74, 6) is 0.495. The highest BCUT2D eigenvalue weighted by atomic mass is 16.1. The highest BCUT2D eigenvalue weighted by Gasteiger charge is 2.15. The monoisotopic (exact) mass is 371 g/mol. The molecule has 0 spiro atoms. The Hall–Kier alpha value is -3.72. The number of carbonyl (C=O) groups is 1. The first kappa shape index (κ1) is 19.1. The first-order valence-corrected chi connectivity index (χ1v) is 8.98. The molecule has 1 aromatic heterocycles. The molecule has 1 amide bonds. The van der Waals surface area contributed by atoms with E-state index in [0.29, 0.717) is 11.4 Å². The minimum atomic E-state index is -0.290. The Labute approximate surface area is 164 Å². The van der Waals surface area contributed by atoms with Crippen LogP contribution in [0.4, 0.5) is 17.2 Å². The van der Waals surface area contributed by atoms with Crippen molar-refractivity contribution in [2.75, 3.05) is 10.6 Å². The summed E-state index contributed by atoms with van der Waals surface area (Å²) in [6.07, 6.45) is 1.35. The molecule has 0 saturated heterocycles. The molecule has 140 valence electrons. The Morgan fingerprint density at radius 3 is 2.54 bits per heavy atom. The van der Waals surface area contributed by atoms with Crippen molar-refractivity contribution in [3.63, 3.8) is 0 Å². The Kier molecular flexibility index (Phi) is 5.66. The van der Waals surface area contributed by atoms with Crippen molar-refractivity contribution in [2.45, 2.75) is 26.7 Å². The topological polar surface area (TPSA) is 90.7 Å². The Bertz CT molecular complexity index is 1040. The van der Waals surface area contributed by atoms with Crippen LogP contribution < -0.4 is 10.6 Å². The fraction of sp³-hybridized carbons (Fsp3) is 0.182. The normalized spacial score (nSPS) is 10.4. The maximum absolute atomic E-state index is 12.8. The number of rotatable bonds is 5. The quantitative estimate of drug-likeness (QED) is 0.674. The number of hydrogen-bond donors (Lipinski definition) is 2. The van der Waals surface area contributed by atoms with Gasteiger partial charge < -0.3 is 10.6 Å². The van der Waals surface area contributed by atoms with Crippen molar-refractivity contribution >= 4 is 23.1 Å². The van der Waals surface area contributed by atoms with Gasteiger partial charge in [0.05, 0.1) is 11.6 Å². The minimum absolute atomic E-state index is 0.268. The lowest BCUT2D eigenvalue weighted by Gasteiger charge is -2.16. The van der Waals surface area contributed by atoms with Crippen LogP contribution in [0.15, 0.2) is 54.9 Å². The molecular formula is C22H21N5O. The molecule has 3 rings (SSSR count). The molecule has 6 nitrogen and oxygen atoms in total. The maximum atomic E-state index is 12.8. The van der Waals surface area contributed by atoms with Crippen molar-refractivity contribution in [3.8, 4) is 6.07 Å². The zero-order valence-electron chi connectivity index (χ0n) is 16.0. The summed E-state index contributed by atoms with van der Waals surface area (Å²) in [5.41, 5.74) is 4.52. The van der Waals surface area contributed by atoms with E-state index >= 15 is 0 Å². The van der Waals surface area contributed by atoms with E-state index in [1.54, 1.807) is 30.3 Å². The number of anilines is 3. The van der Waals surface area contributed by atoms with Crippen molar-refractivity contribution < 1.29 is 4.79 Å². The molecule has 0 radical (unpaired) electrons. The predicted octanol–water partition coefficient (Wildman–Crippen LogP) is 4.78. The van der Waals surface area contributed by atoms with Gasteiger partial charge in [-0.25, -0.2) is 9.97 Å². The lowest BCUT2D eigenvalue weighted by Crippen LogP contribution is -2.16.